The van der Waals surface area contributed by atoms with Crippen molar-refractivity contribution in [3.63, 3.8) is 0 Å². The molecule has 2 N–H and O–H groups in total. The standard InChI is InChI=1S/C10H16N4O/c15-10(8-4-2-1-3-5-8)11-6-9-7-12-14-13-9/h7-8H,1-6H2,(H,11,15)(H,12,13,14). The molecule has 2 rings (SSSR count). The van der Waals surface area contributed by atoms with E-state index in [1.54, 1.807) is 6.20 Å². The van der Waals surface area contributed by atoms with Crippen molar-refractivity contribution in [2.75, 3.05) is 0 Å². The molecule has 1 fully saturated rings. The van der Waals surface area contributed by atoms with Crippen LogP contribution in [0.15, 0.2) is 6.20 Å². The summed E-state index contributed by atoms with van der Waals surface area (Å²) >= 11 is 0. The third-order valence-electron chi connectivity index (χ3n) is 2.88. The molecule has 1 heterocycles. The van der Waals surface area contributed by atoms with Gasteiger partial charge in [0, 0.05) is 5.92 Å². The number of carbonyl (C=O) groups excluding carboxylic acids is 1. The Morgan fingerprint density at radius 1 is 1.47 bits per heavy atom. The number of carbonyl (C=O) groups is 1. The lowest BCUT2D eigenvalue weighted by atomic mass is 9.89. The maximum atomic E-state index is 11.7. The van der Waals surface area contributed by atoms with Crippen LogP contribution in [0, 0.1) is 5.92 Å². The second-order valence-electron chi connectivity index (χ2n) is 4.01. The Hall–Kier alpha value is -1.39. The predicted octanol–water partition coefficient (Wildman–Crippen LogP) is 1.00. The van der Waals surface area contributed by atoms with Crippen molar-refractivity contribution in [1.29, 1.82) is 0 Å². The van der Waals surface area contributed by atoms with Gasteiger partial charge < -0.3 is 5.32 Å². The number of hydrogen-bond acceptors (Lipinski definition) is 3. The van der Waals surface area contributed by atoms with Gasteiger partial charge in [-0.15, -0.1) is 0 Å². The van der Waals surface area contributed by atoms with Crippen molar-refractivity contribution >= 4 is 5.91 Å². The van der Waals surface area contributed by atoms with Gasteiger partial charge >= 0.3 is 0 Å². The molecule has 0 saturated heterocycles. The molecule has 5 heteroatoms. The summed E-state index contributed by atoms with van der Waals surface area (Å²) in [6, 6.07) is 0. The molecule has 1 aliphatic rings. The Labute approximate surface area is 88.6 Å². The Morgan fingerprint density at radius 3 is 2.93 bits per heavy atom. The third-order valence-corrected chi connectivity index (χ3v) is 2.88. The van der Waals surface area contributed by atoms with Gasteiger partial charge in [0.25, 0.3) is 0 Å². The molecule has 1 saturated carbocycles. The molecular weight excluding hydrogens is 192 g/mol. The van der Waals surface area contributed by atoms with Gasteiger partial charge in [-0.25, -0.2) is 0 Å². The van der Waals surface area contributed by atoms with Crippen molar-refractivity contribution in [3.8, 4) is 0 Å². The van der Waals surface area contributed by atoms with Crippen molar-refractivity contribution in [3.05, 3.63) is 11.9 Å². The maximum Gasteiger partial charge on any atom is 0.223 e. The Kier molecular flexibility index (Phi) is 3.32. The van der Waals surface area contributed by atoms with Gasteiger partial charge in [0.05, 0.1) is 12.7 Å². The molecule has 0 radical (unpaired) electrons. The normalized spacial score (nSPS) is 17.6. The van der Waals surface area contributed by atoms with Gasteiger partial charge in [0.15, 0.2) is 0 Å². The molecule has 0 atom stereocenters. The molecule has 0 aliphatic heterocycles. The maximum absolute atomic E-state index is 11.7. The minimum Gasteiger partial charge on any atom is -0.350 e. The molecule has 15 heavy (non-hydrogen) atoms. The zero-order valence-electron chi connectivity index (χ0n) is 8.70. The van der Waals surface area contributed by atoms with Gasteiger partial charge in [0.2, 0.25) is 5.91 Å². The van der Waals surface area contributed by atoms with E-state index in [1.807, 2.05) is 0 Å². The summed E-state index contributed by atoms with van der Waals surface area (Å²) in [7, 11) is 0. The average Bonchev–Trinajstić information content (AvgIpc) is 2.80. The predicted molar refractivity (Wildman–Crippen MR) is 54.8 cm³/mol. The lowest BCUT2D eigenvalue weighted by Gasteiger charge is -2.20. The summed E-state index contributed by atoms with van der Waals surface area (Å²) in [5.41, 5.74) is 0.777. The largest absolute Gasteiger partial charge is 0.350 e. The van der Waals surface area contributed by atoms with Gasteiger partial charge in [-0.05, 0) is 12.8 Å². The second kappa shape index (κ2) is 4.91. The van der Waals surface area contributed by atoms with Gasteiger partial charge in [0.1, 0.15) is 5.69 Å². The monoisotopic (exact) mass is 208 g/mol. The first-order chi connectivity index (χ1) is 7.36. The van der Waals surface area contributed by atoms with Crippen LogP contribution in [0.25, 0.3) is 0 Å². The summed E-state index contributed by atoms with van der Waals surface area (Å²) in [4.78, 5) is 11.7. The van der Waals surface area contributed by atoms with E-state index < -0.39 is 0 Å². The highest BCUT2D eigenvalue weighted by Gasteiger charge is 2.20. The number of nitrogens with zero attached hydrogens (tertiary/aromatic N) is 2. The number of amides is 1. The number of aromatic amines is 1. The lowest BCUT2D eigenvalue weighted by molar-refractivity contribution is -0.126. The molecule has 1 aromatic rings. The first-order valence-electron chi connectivity index (χ1n) is 5.48. The molecule has 0 bridgehead atoms. The molecule has 5 nitrogen and oxygen atoms in total. The Morgan fingerprint density at radius 2 is 2.27 bits per heavy atom. The van der Waals surface area contributed by atoms with E-state index in [-0.39, 0.29) is 11.8 Å². The summed E-state index contributed by atoms with van der Waals surface area (Å²) in [6.45, 7) is 0.478. The Bertz CT molecular complexity index is 303. The molecule has 1 aliphatic carbocycles. The van der Waals surface area contributed by atoms with E-state index in [1.165, 1.54) is 19.3 Å². The van der Waals surface area contributed by atoms with Gasteiger partial charge in [-0.2, -0.15) is 15.4 Å². The van der Waals surface area contributed by atoms with Crippen LogP contribution in [0.2, 0.25) is 0 Å². The number of aromatic nitrogens is 3. The number of H-pyrrole nitrogens is 1. The van der Waals surface area contributed by atoms with Crippen LogP contribution in [0.4, 0.5) is 0 Å². The summed E-state index contributed by atoms with van der Waals surface area (Å²) in [5, 5.41) is 13.0. The quantitative estimate of drug-likeness (QED) is 0.778. The van der Waals surface area contributed by atoms with E-state index >= 15 is 0 Å². The van der Waals surface area contributed by atoms with E-state index in [0.29, 0.717) is 6.54 Å². The summed E-state index contributed by atoms with van der Waals surface area (Å²) in [6.07, 6.45) is 7.33. The van der Waals surface area contributed by atoms with Crippen molar-refractivity contribution in [2.24, 2.45) is 5.92 Å². The topological polar surface area (TPSA) is 70.7 Å². The highest BCUT2D eigenvalue weighted by atomic mass is 16.1. The molecule has 0 aromatic carbocycles. The molecule has 0 unspecified atom stereocenters. The zero-order valence-corrected chi connectivity index (χ0v) is 8.70. The smallest absolute Gasteiger partial charge is 0.223 e. The number of nitrogens with one attached hydrogen (secondary N) is 2. The molecule has 1 aromatic heterocycles. The first kappa shape index (κ1) is 10.1. The van der Waals surface area contributed by atoms with Crippen LogP contribution < -0.4 is 5.32 Å². The zero-order chi connectivity index (χ0) is 10.5. The average molecular weight is 208 g/mol. The fourth-order valence-electron chi connectivity index (χ4n) is 2.00. The lowest BCUT2D eigenvalue weighted by Crippen LogP contribution is -2.31. The third kappa shape index (κ3) is 2.78. The minimum absolute atomic E-state index is 0.165. The second-order valence-corrected chi connectivity index (χ2v) is 4.01. The molecule has 82 valence electrons. The van der Waals surface area contributed by atoms with E-state index in [4.69, 9.17) is 0 Å². The summed E-state index contributed by atoms with van der Waals surface area (Å²) < 4.78 is 0. The SMILES string of the molecule is O=C(NCc1cn[nH]n1)C1CCCCC1. The fourth-order valence-corrected chi connectivity index (χ4v) is 2.00. The van der Waals surface area contributed by atoms with Crippen LogP contribution in [-0.4, -0.2) is 21.3 Å². The fraction of sp³-hybridized carbons (Fsp3) is 0.700. The van der Waals surface area contributed by atoms with Crippen LogP contribution >= 0.6 is 0 Å². The number of hydrogen-bond donors (Lipinski definition) is 2. The highest BCUT2D eigenvalue weighted by molar-refractivity contribution is 5.78. The van der Waals surface area contributed by atoms with E-state index in [9.17, 15) is 4.79 Å². The number of rotatable bonds is 3. The van der Waals surface area contributed by atoms with Crippen LogP contribution in [0.1, 0.15) is 37.8 Å². The molecule has 1 amide bonds. The minimum atomic E-state index is 0.165. The highest BCUT2D eigenvalue weighted by Crippen LogP contribution is 2.23. The molecular formula is C10H16N4O. The van der Waals surface area contributed by atoms with Gasteiger partial charge in [-0.3, -0.25) is 4.79 Å². The molecule has 0 spiro atoms. The van der Waals surface area contributed by atoms with Crippen molar-refractivity contribution < 1.29 is 4.79 Å². The van der Waals surface area contributed by atoms with Crippen molar-refractivity contribution in [2.45, 2.75) is 38.6 Å². The van der Waals surface area contributed by atoms with E-state index in [2.05, 4.69) is 20.7 Å². The van der Waals surface area contributed by atoms with E-state index in [0.717, 1.165) is 18.5 Å². The van der Waals surface area contributed by atoms with Crippen molar-refractivity contribution in [1.82, 2.24) is 20.7 Å². The Balaban J connectivity index is 1.76. The van der Waals surface area contributed by atoms with Crippen LogP contribution in [0.5, 0.6) is 0 Å². The van der Waals surface area contributed by atoms with Crippen LogP contribution in [0.3, 0.4) is 0 Å². The summed E-state index contributed by atoms with van der Waals surface area (Å²) in [5.74, 6) is 0.378. The first-order valence-corrected chi connectivity index (χ1v) is 5.48. The van der Waals surface area contributed by atoms with Crippen LogP contribution in [-0.2, 0) is 11.3 Å². The van der Waals surface area contributed by atoms with Gasteiger partial charge in [-0.1, -0.05) is 19.3 Å².